The van der Waals surface area contributed by atoms with E-state index >= 15 is 0 Å². The molecule has 0 amide bonds. The van der Waals surface area contributed by atoms with Gasteiger partial charge in [0.2, 0.25) is 6.39 Å². The highest BCUT2D eigenvalue weighted by Gasteiger charge is 2.13. The van der Waals surface area contributed by atoms with Gasteiger partial charge < -0.3 is 4.42 Å². The monoisotopic (exact) mass is 235 g/mol. The van der Waals surface area contributed by atoms with E-state index in [1.807, 2.05) is 28.8 Å². The average Bonchev–Trinajstić information content (AvgIpc) is 3.03. The summed E-state index contributed by atoms with van der Waals surface area (Å²) < 4.78 is 7.32. The molecule has 18 heavy (non-hydrogen) atoms. The summed E-state index contributed by atoms with van der Waals surface area (Å²) >= 11 is 0. The maximum atomic E-state index is 5.33. The molecule has 0 saturated carbocycles. The minimum Gasteiger partial charge on any atom is -0.410 e. The first-order valence-electron chi connectivity index (χ1n) is 5.70. The van der Waals surface area contributed by atoms with E-state index < -0.39 is 0 Å². The molecule has 86 valence electrons. The summed E-state index contributed by atoms with van der Waals surface area (Å²) in [7, 11) is 0. The minimum atomic E-state index is 0.493. The van der Waals surface area contributed by atoms with Gasteiger partial charge >= 0.3 is 6.01 Å². The van der Waals surface area contributed by atoms with E-state index in [0.29, 0.717) is 6.01 Å². The Hall–Kier alpha value is -2.62. The summed E-state index contributed by atoms with van der Waals surface area (Å²) in [6.45, 7) is 0. The Bertz CT molecular complexity index is 777. The number of hydrogen-bond donors (Lipinski definition) is 0. The van der Waals surface area contributed by atoms with Gasteiger partial charge in [0, 0.05) is 10.8 Å². The predicted molar refractivity (Wildman–Crippen MR) is 68.6 cm³/mol. The second kappa shape index (κ2) is 3.43. The highest BCUT2D eigenvalue weighted by Crippen LogP contribution is 2.30. The molecule has 4 rings (SSSR count). The van der Waals surface area contributed by atoms with Gasteiger partial charge in [-0.05, 0) is 12.1 Å². The van der Waals surface area contributed by atoms with Crippen molar-refractivity contribution in [3.05, 3.63) is 54.9 Å². The second-order valence-electron chi connectivity index (χ2n) is 4.09. The summed E-state index contributed by atoms with van der Waals surface area (Å²) in [5.41, 5.74) is 2.14. The van der Waals surface area contributed by atoms with Crippen molar-refractivity contribution in [2.45, 2.75) is 0 Å². The molecule has 0 radical (unpaired) electrons. The van der Waals surface area contributed by atoms with Crippen LogP contribution in [0.5, 0.6) is 0 Å². The zero-order chi connectivity index (χ0) is 11.9. The van der Waals surface area contributed by atoms with Gasteiger partial charge in [-0.3, -0.25) is 4.57 Å². The molecule has 0 unspecified atom stereocenters. The van der Waals surface area contributed by atoms with Crippen LogP contribution in [0.25, 0.3) is 27.8 Å². The molecular weight excluding hydrogens is 226 g/mol. The van der Waals surface area contributed by atoms with Gasteiger partial charge in [0.25, 0.3) is 0 Å². The van der Waals surface area contributed by atoms with Crippen molar-refractivity contribution in [3.8, 4) is 6.01 Å². The van der Waals surface area contributed by atoms with Crippen LogP contribution in [0.3, 0.4) is 0 Å². The van der Waals surface area contributed by atoms with Gasteiger partial charge in [0.05, 0.1) is 11.0 Å². The molecule has 2 aromatic carbocycles. The third-order valence-corrected chi connectivity index (χ3v) is 3.12. The SMILES string of the molecule is c1ccc2c(c1)c1ccccc1n2-c1nnco1. The molecule has 0 spiro atoms. The van der Waals surface area contributed by atoms with Crippen molar-refractivity contribution < 1.29 is 4.42 Å². The van der Waals surface area contributed by atoms with E-state index in [0.717, 1.165) is 11.0 Å². The standard InChI is InChI=1S/C14H9N3O/c1-3-7-12-10(5-1)11-6-2-4-8-13(11)17(12)14-16-15-9-18-14/h1-9H. The van der Waals surface area contributed by atoms with Crippen molar-refractivity contribution >= 4 is 21.8 Å². The quantitative estimate of drug-likeness (QED) is 0.509. The summed E-state index contributed by atoms with van der Waals surface area (Å²) in [6.07, 6.45) is 1.35. The van der Waals surface area contributed by atoms with E-state index in [1.54, 1.807) is 0 Å². The number of hydrogen-bond acceptors (Lipinski definition) is 3. The van der Waals surface area contributed by atoms with Crippen LogP contribution in [-0.2, 0) is 0 Å². The summed E-state index contributed by atoms with van der Waals surface area (Å²) in [5.74, 6) is 0. The molecule has 0 aliphatic carbocycles. The summed E-state index contributed by atoms with van der Waals surface area (Å²) in [5, 5.41) is 10.1. The van der Waals surface area contributed by atoms with Gasteiger partial charge in [-0.15, -0.1) is 5.10 Å². The normalized spacial score (nSPS) is 11.3. The van der Waals surface area contributed by atoms with Crippen LogP contribution in [0.15, 0.2) is 59.3 Å². The van der Waals surface area contributed by atoms with Crippen LogP contribution in [0.4, 0.5) is 0 Å². The lowest BCUT2D eigenvalue weighted by atomic mass is 10.2. The summed E-state index contributed by atoms with van der Waals surface area (Å²) in [4.78, 5) is 0. The van der Waals surface area contributed by atoms with Crippen LogP contribution in [-0.4, -0.2) is 14.8 Å². The molecule has 0 aliphatic heterocycles. The van der Waals surface area contributed by atoms with Crippen LogP contribution in [0, 0.1) is 0 Å². The summed E-state index contributed by atoms with van der Waals surface area (Å²) in [6, 6.07) is 16.9. The smallest absolute Gasteiger partial charge is 0.327 e. The maximum absolute atomic E-state index is 5.33. The molecule has 2 aromatic heterocycles. The molecule has 0 atom stereocenters. The Balaban J connectivity index is 2.28. The Labute approximate surface area is 102 Å². The van der Waals surface area contributed by atoms with Crippen LogP contribution < -0.4 is 0 Å². The molecular formula is C14H9N3O. The third-order valence-electron chi connectivity index (χ3n) is 3.12. The second-order valence-corrected chi connectivity index (χ2v) is 4.09. The lowest BCUT2D eigenvalue weighted by Gasteiger charge is -1.99. The largest absolute Gasteiger partial charge is 0.410 e. The maximum Gasteiger partial charge on any atom is 0.327 e. The lowest BCUT2D eigenvalue weighted by molar-refractivity contribution is 0.532. The molecule has 2 heterocycles. The van der Waals surface area contributed by atoms with Crippen molar-refractivity contribution in [2.24, 2.45) is 0 Å². The fourth-order valence-electron chi connectivity index (χ4n) is 2.39. The topological polar surface area (TPSA) is 43.9 Å². The van der Waals surface area contributed by atoms with Crippen molar-refractivity contribution in [2.75, 3.05) is 0 Å². The van der Waals surface area contributed by atoms with E-state index in [9.17, 15) is 0 Å². The third kappa shape index (κ3) is 1.14. The Kier molecular flexibility index (Phi) is 1.80. The van der Waals surface area contributed by atoms with E-state index in [1.165, 1.54) is 17.2 Å². The van der Waals surface area contributed by atoms with E-state index in [-0.39, 0.29) is 0 Å². The molecule has 0 saturated heterocycles. The molecule has 4 heteroatoms. The molecule has 0 bridgehead atoms. The molecule has 0 aliphatic rings. The number of benzene rings is 2. The first kappa shape index (κ1) is 9.41. The Morgan fingerprint density at radius 1 is 0.833 bits per heavy atom. The fourth-order valence-corrected chi connectivity index (χ4v) is 2.39. The number of para-hydroxylation sites is 2. The minimum absolute atomic E-state index is 0.493. The first-order chi connectivity index (χ1) is 8.95. The van der Waals surface area contributed by atoms with Crippen molar-refractivity contribution in [3.63, 3.8) is 0 Å². The zero-order valence-corrected chi connectivity index (χ0v) is 9.45. The molecule has 0 fully saturated rings. The molecule has 4 nitrogen and oxygen atoms in total. The Morgan fingerprint density at radius 3 is 2.00 bits per heavy atom. The number of nitrogens with zero attached hydrogens (tertiary/aromatic N) is 3. The van der Waals surface area contributed by atoms with E-state index in [4.69, 9.17) is 4.42 Å². The highest BCUT2D eigenvalue weighted by atomic mass is 16.4. The average molecular weight is 235 g/mol. The lowest BCUT2D eigenvalue weighted by Crippen LogP contribution is -1.93. The van der Waals surface area contributed by atoms with E-state index in [2.05, 4.69) is 34.5 Å². The van der Waals surface area contributed by atoms with Gasteiger partial charge in [-0.2, -0.15) is 0 Å². The molecule has 0 N–H and O–H groups in total. The van der Waals surface area contributed by atoms with Crippen molar-refractivity contribution in [1.29, 1.82) is 0 Å². The first-order valence-corrected chi connectivity index (χ1v) is 5.70. The van der Waals surface area contributed by atoms with Crippen LogP contribution in [0.1, 0.15) is 0 Å². The fraction of sp³-hybridized carbons (Fsp3) is 0. The molecule has 4 aromatic rings. The van der Waals surface area contributed by atoms with Crippen LogP contribution in [0.2, 0.25) is 0 Å². The number of aromatic nitrogens is 3. The zero-order valence-electron chi connectivity index (χ0n) is 9.45. The number of fused-ring (bicyclic) bond motifs is 3. The van der Waals surface area contributed by atoms with Crippen LogP contribution >= 0.6 is 0 Å². The van der Waals surface area contributed by atoms with Gasteiger partial charge in [-0.25, -0.2) is 0 Å². The highest BCUT2D eigenvalue weighted by molar-refractivity contribution is 6.08. The number of rotatable bonds is 1. The Morgan fingerprint density at radius 2 is 1.44 bits per heavy atom. The van der Waals surface area contributed by atoms with Gasteiger partial charge in [0.15, 0.2) is 0 Å². The van der Waals surface area contributed by atoms with Crippen molar-refractivity contribution in [1.82, 2.24) is 14.8 Å². The van der Waals surface area contributed by atoms with Gasteiger partial charge in [-0.1, -0.05) is 41.5 Å². The predicted octanol–water partition coefficient (Wildman–Crippen LogP) is 3.17. The van der Waals surface area contributed by atoms with Gasteiger partial charge in [0.1, 0.15) is 0 Å².